The molecule has 7 heteroatoms. The van der Waals surface area contributed by atoms with Crippen LogP contribution in [-0.2, 0) is 0 Å². The van der Waals surface area contributed by atoms with Crippen LogP contribution in [0.5, 0.6) is 0 Å². The zero-order valence-corrected chi connectivity index (χ0v) is 17.2. The third kappa shape index (κ3) is 4.86. The predicted octanol–water partition coefficient (Wildman–Crippen LogP) is 3.11. The minimum atomic E-state index is 0.0168. The Hall–Kier alpha value is -2.93. The van der Waals surface area contributed by atoms with Crippen LogP contribution in [0, 0.1) is 13.8 Å². The highest BCUT2D eigenvalue weighted by atomic mass is 16.1. The lowest BCUT2D eigenvalue weighted by Gasteiger charge is -2.21. The first-order valence-electron chi connectivity index (χ1n) is 9.41. The summed E-state index contributed by atoms with van der Waals surface area (Å²) in [4.78, 5) is 27.2. The lowest BCUT2D eigenvalue weighted by atomic mass is 10.1. The Labute approximate surface area is 166 Å². The second-order valence-corrected chi connectivity index (χ2v) is 6.68. The summed E-state index contributed by atoms with van der Waals surface area (Å²) in [5.41, 5.74) is 7.90. The fourth-order valence-corrected chi connectivity index (χ4v) is 2.87. The molecule has 1 aliphatic rings. The van der Waals surface area contributed by atoms with Crippen molar-refractivity contribution >= 4 is 23.6 Å². The Morgan fingerprint density at radius 1 is 1.36 bits per heavy atom. The average Bonchev–Trinajstić information content (AvgIpc) is 3.01. The average molecular weight is 383 g/mol. The van der Waals surface area contributed by atoms with Gasteiger partial charge in [0.05, 0.1) is 0 Å². The van der Waals surface area contributed by atoms with Crippen LogP contribution in [0.25, 0.3) is 0 Å². The number of anilines is 1. The van der Waals surface area contributed by atoms with Gasteiger partial charge in [-0.2, -0.15) is 0 Å². The molecule has 2 heterocycles. The standard InChI is InChI=1S/C17H18N4O2.C4H11N/c1-10-4-5-13(12(3)23)6-15(10)20-17-16-11(2)14(8-22)7-21(16)19-9-18-17;1-3-4-5-2/h4-8,19H,9H2,1-3H3,(H,18,20);5H,3-4H2,1-2H3. The molecule has 28 heavy (non-hydrogen) atoms. The van der Waals surface area contributed by atoms with E-state index in [1.807, 2.05) is 39.1 Å². The number of hydrogen-bond donors (Lipinski definition) is 3. The maximum absolute atomic E-state index is 11.6. The van der Waals surface area contributed by atoms with Gasteiger partial charge in [-0.05, 0) is 58.0 Å². The molecule has 1 aromatic heterocycles. The molecule has 0 fully saturated rings. The van der Waals surface area contributed by atoms with Gasteiger partial charge >= 0.3 is 0 Å². The Morgan fingerprint density at radius 2 is 2.11 bits per heavy atom. The molecule has 0 saturated carbocycles. The molecule has 0 aliphatic carbocycles. The van der Waals surface area contributed by atoms with Crippen molar-refractivity contribution in [2.75, 3.05) is 31.0 Å². The van der Waals surface area contributed by atoms with Crippen LogP contribution in [0.3, 0.4) is 0 Å². The monoisotopic (exact) mass is 383 g/mol. The zero-order chi connectivity index (χ0) is 20.7. The highest BCUT2D eigenvalue weighted by Crippen LogP contribution is 2.22. The molecule has 3 rings (SSSR count). The fraction of sp³-hybridized carbons (Fsp3) is 0.381. The van der Waals surface area contributed by atoms with Crippen LogP contribution in [-0.4, -0.2) is 42.8 Å². The number of nitrogens with zero attached hydrogens (tertiary/aromatic N) is 2. The maximum Gasteiger partial charge on any atom is 0.159 e. The molecule has 0 atom stereocenters. The number of aldehydes is 1. The zero-order valence-electron chi connectivity index (χ0n) is 17.2. The van der Waals surface area contributed by atoms with Crippen LogP contribution in [0.2, 0.25) is 0 Å². The molecule has 0 bridgehead atoms. The van der Waals surface area contributed by atoms with E-state index in [4.69, 9.17) is 0 Å². The van der Waals surface area contributed by atoms with E-state index in [2.05, 4.69) is 28.0 Å². The molecule has 150 valence electrons. The van der Waals surface area contributed by atoms with Gasteiger partial charge in [-0.1, -0.05) is 19.1 Å². The van der Waals surface area contributed by atoms with Gasteiger partial charge in [0.25, 0.3) is 0 Å². The minimum absolute atomic E-state index is 0.0168. The lowest BCUT2D eigenvalue weighted by Crippen LogP contribution is -2.30. The number of ketones is 1. The van der Waals surface area contributed by atoms with E-state index >= 15 is 0 Å². The van der Waals surface area contributed by atoms with Crippen molar-refractivity contribution < 1.29 is 9.59 Å². The number of nitrogens with one attached hydrogen (secondary N) is 3. The fourth-order valence-electron chi connectivity index (χ4n) is 2.87. The number of fused-ring (bicyclic) bond motifs is 1. The Morgan fingerprint density at radius 3 is 2.68 bits per heavy atom. The van der Waals surface area contributed by atoms with Gasteiger partial charge in [0, 0.05) is 23.0 Å². The summed E-state index contributed by atoms with van der Waals surface area (Å²) in [6.07, 6.45) is 3.82. The number of aromatic nitrogens is 1. The number of benzene rings is 1. The molecule has 1 aliphatic heterocycles. The van der Waals surface area contributed by atoms with E-state index in [-0.39, 0.29) is 5.78 Å². The van der Waals surface area contributed by atoms with E-state index in [0.29, 0.717) is 23.6 Å². The van der Waals surface area contributed by atoms with E-state index in [1.54, 1.807) is 17.8 Å². The summed E-state index contributed by atoms with van der Waals surface area (Å²) in [5.74, 6) is 0.696. The van der Waals surface area contributed by atoms with Gasteiger partial charge in [-0.3, -0.25) is 14.3 Å². The Kier molecular flexibility index (Phi) is 7.52. The van der Waals surface area contributed by atoms with E-state index in [1.165, 1.54) is 6.42 Å². The normalized spacial score (nSPS) is 12.1. The molecule has 3 N–H and O–H groups in total. The minimum Gasteiger partial charge on any atom is -0.338 e. The van der Waals surface area contributed by atoms with E-state index < -0.39 is 0 Å². The van der Waals surface area contributed by atoms with Crippen molar-refractivity contribution in [3.05, 3.63) is 52.3 Å². The summed E-state index contributed by atoms with van der Waals surface area (Å²) in [6.45, 7) is 9.10. The second kappa shape index (κ2) is 9.85. The number of aryl methyl sites for hydroxylation is 1. The van der Waals surface area contributed by atoms with Crippen molar-refractivity contribution in [2.45, 2.75) is 34.1 Å². The molecule has 7 nitrogen and oxygen atoms in total. The quantitative estimate of drug-likeness (QED) is 0.545. The molecular formula is C21H29N5O2. The van der Waals surface area contributed by atoms with Crippen molar-refractivity contribution in [1.29, 1.82) is 0 Å². The molecule has 0 unspecified atom stereocenters. The highest BCUT2D eigenvalue weighted by molar-refractivity contribution is 6.10. The first kappa shape index (κ1) is 21.4. The van der Waals surface area contributed by atoms with Crippen LogP contribution >= 0.6 is 0 Å². The number of rotatable bonds is 5. The third-order valence-electron chi connectivity index (χ3n) is 4.52. The van der Waals surface area contributed by atoms with Gasteiger partial charge < -0.3 is 16.1 Å². The van der Waals surface area contributed by atoms with Crippen molar-refractivity contribution in [2.24, 2.45) is 4.99 Å². The van der Waals surface area contributed by atoms with Crippen LogP contribution < -0.4 is 16.1 Å². The van der Waals surface area contributed by atoms with Crippen LogP contribution in [0.1, 0.15) is 57.8 Å². The highest BCUT2D eigenvalue weighted by Gasteiger charge is 2.20. The SMILES string of the molecule is CC(=O)c1ccc(C)c(NC2=NCNn3cc(C=O)c(C)c32)c1.CCCNC. The first-order valence-corrected chi connectivity index (χ1v) is 9.41. The molecule has 0 saturated heterocycles. The second-order valence-electron chi connectivity index (χ2n) is 6.68. The summed E-state index contributed by atoms with van der Waals surface area (Å²) in [5, 5.41) is 6.32. The maximum atomic E-state index is 11.6. The smallest absolute Gasteiger partial charge is 0.159 e. The number of carbonyl (C=O) groups excluding carboxylic acids is 2. The van der Waals surface area contributed by atoms with Crippen molar-refractivity contribution in [3.8, 4) is 0 Å². The van der Waals surface area contributed by atoms with Crippen LogP contribution in [0.15, 0.2) is 29.4 Å². The van der Waals surface area contributed by atoms with Crippen LogP contribution in [0.4, 0.5) is 5.69 Å². The van der Waals surface area contributed by atoms with E-state index in [0.717, 1.165) is 35.3 Å². The number of amidine groups is 1. The van der Waals surface area contributed by atoms with E-state index in [9.17, 15) is 9.59 Å². The van der Waals surface area contributed by atoms with Gasteiger partial charge in [-0.15, -0.1) is 0 Å². The van der Waals surface area contributed by atoms with Gasteiger partial charge in [0.2, 0.25) is 0 Å². The topological polar surface area (TPSA) is 87.5 Å². The number of aliphatic imine (C=N–C) groups is 1. The molecule has 1 aromatic carbocycles. The summed E-state index contributed by atoms with van der Waals surface area (Å²) < 4.78 is 1.80. The van der Waals surface area contributed by atoms with Crippen molar-refractivity contribution in [3.63, 3.8) is 0 Å². The van der Waals surface area contributed by atoms with Gasteiger partial charge in [-0.25, -0.2) is 4.99 Å². The van der Waals surface area contributed by atoms with Crippen molar-refractivity contribution in [1.82, 2.24) is 9.99 Å². The summed E-state index contributed by atoms with van der Waals surface area (Å²) >= 11 is 0. The molecular weight excluding hydrogens is 354 g/mol. The summed E-state index contributed by atoms with van der Waals surface area (Å²) in [7, 11) is 1.96. The molecule has 2 aromatic rings. The molecule has 0 amide bonds. The largest absolute Gasteiger partial charge is 0.338 e. The molecule has 0 spiro atoms. The predicted molar refractivity (Wildman–Crippen MR) is 114 cm³/mol. The Bertz CT molecular complexity index is 881. The number of Topliss-reactive ketones (excluding diaryl/α,β-unsaturated/α-hetero) is 1. The Balaban J connectivity index is 0.000000500. The van der Waals surface area contributed by atoms with Gasteiger partial charge in [0.1, 0.15) is 12.4 Å². The van der Waals surface area contributed by atoms with Gasteiger partial charge in [0.15, 0.2) is 17.9 Å². The summed E-state index contributed by atoms with van der Waals surface area (Å²) in [6, 6.07) is 5.54. The lowest BCUT2D eigenvalue weighted by molar-refractivity contribution is 0.101. The first-order chi connectivity index (χ1) is 13.4. The number of carbonyl (C=O) groups is 2. The number of hydrogen-bond acceptors (Lipinski definition) is 6. The molecule has 0 radical (unpaired) electrons. The third-order valence-corrected chi connectivity index (χ3v) is 4.52.